The fourth-order valence-corrected chi connectivity index (χ4v) is 2.54. The molecule has 1 N–H and O–H groups in total. The zero-order valence-electron chi connectivity index (χ0n) is 14.0. The van der Waals surface area contributed by atoms with Crippen LogP contribution in [0.1, 0.15) is 17.5 Å². The summed E-state index contributed by atoms with van der Waals surface area (Å²) < 4.78 is 5.23. The summed E-state index contributed by atoms with van der Waals surface area (Å²) in [5.74, 6) is 0.145. The van der Waals surface area contributed by atoms with E-state index in [0.717, 1.165) is 12.8 Å². The van der Waals surface area contributed by atoms with Gasteiger partial charge in [0.2, 0.25) is 0 Å². The lowest BCUT2D eigenvalue weighted by Crippen LogP contribution is -2.25. The number of halogens is 1. The number of benzene rings is 2. The van der Waals surface area contributed by atoms with Crippen LogP contribution < -0.4 is 10.1 Å². The third-order valence-corrected chi connectivity index (χ3v) is 3.86. The SMILES string of the molecule is COc1ccc(Cl)cc1/C=C(/C#N)C(=O)NCCCc1ccccc1. The summed E-state index contributed by atoms with van der Waals surface area (Å²) in [7, 11) is 1.52. The number of hydrogen-bond donors (Lipinski definition) is 1. The highest BCUT2D eigenvalue weighted by Gasteiger charge is 2.10. The third kappa shape index (κ3) is 5.66. The van der Waals surface area contributed by atoms with E-state index >= 15 is 0 Å². The third-order valence-electron chi connectivity index (χ3n) is 3.63. The lowest BCUT2D eigenvalue weighted by Gasteiger charge is -2.07. The van der Waals surface area contributed by atoms with E-state index in [1.807, 2.05) is 36.4 Å². The highest BCUT2D eigenvalue weighted by molar-refractivity contribution is 6.30. The van der Waals surface area contributed by atoms with Crippen molar-refractivity contribution in [2.75, 3.05) is 13.7 Å². The molecule has 4 nitrogen and oxygen atoms in total. The Morgan fingerprint density at radius 1 is 1.28 bits per heavy atom. The topological polar surface area (TPSA) is 62.1 Å². The van der Waals surface area contributed by atoms with E-state index in [-0.39, 0.29) is 5.57 Å². The van der Waals surface area contributed by atoms with Crippen LogP contribution in [0.4, 0.5) is 0 Å². The molecule has 0 atom stereocenters. The van der Waals surface area contributed by atoms with Gasteiger partial charge in [-0.15, -0.1) is 0 Å². The summed E-state index contributed by atoms with van der Waals surface area (Å²) in [4.78, 5) is 12.2. The molecule has 0 spiro atoms. The van der Waals surface area contributed by atoms with Crippen molar-refractivity contribution in [3.63, 3.8) is 0 Å². The summed E-state index contributed by atoms with van der Waals surface area (Å²) in [6.45, 7) is 0.499. The van der Waals surface area contributed by atoms with E-state index in [9.17, 15) is 10.1 Å². The van der Waals surface area contributed by atoms with E-state index in [2.05, 4.69) is 5.32 Å². The summed E-state index contributed by atoms with van der Waals surface area (Å²) >= 11 is 5.97. The molecule has 25 heavy (non-hydrogen) atoms. The summed E-state index contributed by atoms with van der Waals surface area (Å²) in [6, 6.07) is 17.0. The maximum Gasteiger partial charge on any atom is 0.261 e. The zero-order valence-corrected chi connectivity index (χ0v) is 14.7. The quantitative estimate of drug-likeness (QED) is 0.464. The summed E-state index contributed by atoms with van der Waals surface area (Å²) in [6.07, 6.45) is 3.15. The second-order valence-electron chi connectivity index (χ2n) is 5.40. The van der Waals surface area contributed by atoms with E-state index in [1.165, 1.54) is 18.7 Å². The molecule has 1 amide bonds. The molecule has 0 unspecified atom stereocenters. The number of hydrogen-bond acceptors (Lipinski definition) is 3. The van der Waals surface area contributed by atoms with E-state index in [0.29, 0.717) is 22.9 Å². The van der Waals surface area contributed by atoms with E-state index < -0.39 is 5.91 Å². The van der Waals surface area contributed by atoms with Crippen LogP contribution in [-0.2, 0) is 11.2 Å². The molecule has 0 aliphatic rings. The lowest BCUT2D eigenvalue weighted by atomic mass is 10.1. The van der Waals surface area contributed by atoms with Gasteiger partial charge in [-0.1, -0.05) is 41.9 Å². The van der Waals surface area contributed by atoms with Crippen LogP contribution in [0.15, 0.2) is 54.1 Å². The fourth-order valence-electron chi connectivity index (χ4n) is 2.36. The Morgan fingerprint density at radius 3 is 2.72 bits per heavy atom. The monoisotopic (exact) mass is 354 g/mol. The number of ether oxygens (including phenoxy) is 1. The van der Waals surface area contributed by atoms with Gasteiger partial charge in [-0.2, -0.15) is 5.26 Å². The van der Waals surface area contributed by atoms with E-state index in [4.69, 9.17) is 16.3 Å². The minimum Gasteiger partial charge on any atom is -0.496 e. The average molecular weight is 355 g/mol. The number of rotatable bonds is 7. The number of nitrogens with zero attached hydrogens (tertiary/aromatic N) is 1. The molecule has 0 aliphatic carbocycles. The van der Waals surface area contributed by atoms with Gasteiger partial charge in [0.15, 0.2) is 0 Å². The molecule has 128 valence electrons. The van der Waals surface area contributed by atoms with Crippen molar-refractivity contribution in [1.29, 1.82) is 5.26 Å². The van der Waals surface area contributed by atoms with Gasteiger partial charge in [0.05, 0.1) is 7.11 Å². The molecule has 2 aromatic rings. The molecule has 2 rings (SSSR count). The largest absolute Gasteiger partial charge is 0.496 e. The molecular weight excluding hydrogens is 336 g/mol. The molecular formula is C20H19ClN2O2. The maximum atomic E-state index is 12.2. The molecule has 0 aromatic heterocycles. The van der Waals surface area contributed by atoms with Gasteiger partial charge < -0.3 is 10.1 Å². The van der Waals surface area contributed by atoms with Crippen LogP contribution in [-0.4, -0.2) is 19.6 Å². The number of amides is 1. The number of carbonyl (C=O) groups is 1. The Hall–Kier alpha value is -2.77. The first-order valence-corrected chi connectivity index (χ1v) is 8.29. The molecule has 0 heterocycles. The Bertz CT molecular complexity index is 795. The van der Waals surface area contributed by atoms with Crippen molar-refractivity contribution in [2.45, 2.75) is 12.8 Å². The van der Waals surface area contributed by atoms with Crippen LogP contribution in [0.2, 0.25) is 5.02 Å². The van der Waals surface area contributed by atoms with Crippen molar-refractivity contribution in [1.82, 2.24) is 5.32 Å². The van der Waals surface area contributed by atoms with Gasteiger partial charge >= 0.3 is 0 Å². The van der Waals surface area contributed by atoms with Gasteiger partial charge in [0, 0.05) is 17.1 Å². The summed E-state index contributed by atoms with van der Waals surface area (Å²) in [5, 5.41) is 12.6. The predicted molar refractivity (Wildman–Crippen MR) is 99.4 cm³/mol. The van der Waals surface area contributed by atoms with Crippen molar-refractivity contribution in [3.8, 4) is 11.8 Å². The normalized spacial score (nSPS) is 10.8. The molecule has 0 saturated carbocycles. The van der Waals surface area contributed by atoms with Crippen LogP contribution in [0.25, 0.3) is 6.08 Å². The number of nitrogens with one attached hydrogen (secondary N) is 1. The van der Waals surface area contributed by atoms with Gasteiger partial charge in [0.25, 0.3) is 5.91 Å². The standard InChI is InChI=1S/C20H19ClN2O2/c1-25-19-10-9-18(21)13-16(19)12-17(14-22)20(24)23-11-5-8-15-6-3-2-4-7-15/h2-4,6-7,9-10,12-13H,5,8,11H2,1H3,(H,23,24)/b17-12-. The van der Waals surface area contributed by atoms with Crippen molar-refractivity contribution < 1.29 is 9.53 Å². The van der Waals surface area contributed by atoms with E-state index in [1.54, 1.807) is 18.2 Å². The van der Waals surface area contributed by atoms with Gasteiger partial charge in [-0.3, -0.25) is 4.79 Å². The van der Waals surface area contributed by atoms with Gasteiger partial charge in [-0.25, -0.2) is 0 Å². The molecule has 0 saturated heterocycles. The molecule has 0 radical (unpaired) electrons. The minimum atomic E-state index is -0.405. The number of aryl methyl sites for hydroxylation is 1. The van der Waals surface area contributed by atoms with Crippen molar-refractivity contribution in [2.24, 2.45) is 0 Å². The lowest BCUT2D eigenvalue weighted by molar-refractivity contribution is -0.117. The van der Waals surface area contributed by atoms with Crippen molar-refractivity contribution in [3.05, 3.63) is 70.3 Å². The van der Waals surface area contributed by atoms with Crippen LogP contribution in [0.3, 0.4) is 0 Å². The first-order valence-electron chi connectivity index (χ1n) is 7.91. The zero-order chi connectivity index (χ0) is 18.1. The Labute approximate surface area is 152 Å². The molecule has 0 bridgehead atoms. The Morgan fingerprint density at radius 2 is 2.04 bits per heavy atom. The van der Waals surface area contributed by atoms with Crippen molar-refractivity contribution >= 4 is 23.6 Å². The van der Waals surface area contributed by atoms with Gasteiger partial charge in [0.1, 0.15) is 17.4 Å². The predicted octanol–water partition coefficient (Wildman–Crippen LogP) is 4.00. The molecule has 0 aliphatic heterocycles. The highest BCUT2D eigenvalue weighted by atomic mass is 35.5. The first kappa shape index (κ1) is 18.6. The molecule has 0 fully saturated rings. The van der Waals surface area contributed by atoms with Crippen LogP contribution in [0, 0.1) is 11.3 Å². The smallest absolute Gasteiger partial charge is 0.261 e. The van der Waals surface area contributed by atoms with Crippen LogP contribution in [0.5, 0.6) is 5.75 Å². The van der Waals surface area contributed by atoms with Crippen LogP contribution >= 0.6 is 11.6 Å². The van der Waals surface area contributed by atoms with Gasteiger partial charge in [-0.05, 0) is 42.7 Å². The number of nitriles is 1. The Kier molecular flexibility index (Phi) is 7.06. The molecule has 5 heteroatoms. The molecule has 2 aromatic carbocycles. The average Bonchev–Trinajstić information content (AvgIpc) is 2.64. The first-order chi connectivity index (χ1) is 12.1. The minimum absolute atomic E-state index is 0.0141. The summed E-state index contributed by atoms with van der Waals surface area (Å²) in [5.41, 5.74) is 1.82. The maximum absolute atomic E-state index is 12.2. The number of carbonyl (C=O) groups excluding carboxylic acids is 1. The Balaban J connectivity index is 1.97. The fraction of sp³-hybridized carbons (Fsp3) is 0.200. The number of methoxy groups -OCH3 is 1. The second-order valence-corrected chi connectivity index (χ2v) is 5.84. The second kappa shape index (κ2) is 9.51. The highest BCUT2D eigenvalue weighted by Crippen LogP contribution is 2.24.